The summed E-state index contributed by atoms with van der Waals surface area (Å²) in [6.07, 6.45) is 0. The van der Waals surface area contributed by atoms with E-state index in [0.717, 1.165) is 5.75 Å². The van der Waals surface area contributed by atoms with E-state index in [0.29, 0.717) is 11.7 Å². The number of amides is 1. The standard InChI is InChI=1S/C15H23NOS/c1-11(2)13(4)16-15(17)10-18-9-14-7-5-6-12(3)8-14/h5-8,11,13H,9-10H2,1-4H3,(H,16,17)/t13-/m0/s1. The molecule has 100 valence electrons. The molecule has 0 saturated heterocycles. The fraction of sp³-hybridized carbons (Fsp3) is 0.533. The molecule has 0 aromatic heterocycles. The molecule has 0 saturated carbocycles. The number of carbonyl (C=O) groups is 1. The smallest absolute Gasteiger partial charge is 0.230 e. The Hall–Kier alpha value is -0.960. The highest BCUT2D eigenvalue weighted by atomic mass is 32.2. The predicted molar refractivity (Wildman–Crippen MR) is 79.8 cm³/mol. The van der Waals surface area contributed by atoms with Crippen LogP contribution in [0.4, 0.5) is 0 Å². The van der Waals surface area contributed by atoms with Crippen molar-refractivity contribution in [3.63, 3.8) is 0 Å². The Labute approximate surface area is 115 Å². The number of benzene rings is 1. The first-order valence-electron chi connectivity index (χ1n) is 6.41. The van der Waals surface area contributed by atoms with Crippen molar-refractivity contribution in [2.75, 3.05) is 5.75 Å². The molecule has 0 aliphatic rings. The first-order chi connectivity index (χ1) is 8.49. The lowest BCUT2D eigenvalue weighted by atomic mass is 10.1. The zero-order valence-corrected chi connectivity index (χ0v) is 12.5. The lowest BCUT2D eigenvalue weighted by Gasteiger charge is -2.17. The van der Waals surface area contributed by atoms with Gasteiger partial charge in [0.05, 0.1) is 5.75 Å². The van der Waals surface area contributed by atoms with Gasteiger partial charge in [0.25, 0.3) is 0 Å². The number of hydrogen-bond donors (Lipinski definition) is 1. The van der Waals surface area contributed by atoms with Crippen LogP contribution in [-0.2, 0) is 10.5 Å². The molecular formula is C15H23NOS. The van der Waals surface area contributed by atoms with Gasteiger partial charge in [-0.15, -0.1) is 11.8 Å². The van der Waals surface area contributed by atoms with Crippen molar-refractivity contribution in [2.24, 2.45) is 5.92 Å². The summed E-state index contributed by atoms with van der Waals surface area (Å²) < 4.78 is 0. The number of carbonyl (C=O) groups excluding carboxylic acids is 1. The quantitative estimate of drug-likeness (QED) is 0.854. The molecule has 0 aliphatic heterocycles. The first-order valence-corrected chi connectivity index (χ1v) is 7.57. The third-order valence-corrected chi connectivity index (χ3v) is 3.98. The maximum absolute atomic E-state index is 11.7. The third kappa shape index (κ3) is 5.58. The van der Waals surface area contributed by atoms with Crippen molar-refractivity contribution in [1.29, 1.82) is 0 Å². The molecule has 0 bridgehead atoms. The molecule has 1 rings (SSSR count). The molecule has 0 fully saturated rings. The zero-order chi connectivity index (χ0) is 13.5. The van der Waals surface area contributed by atoms with Crippen LogP contribution in [-0.4, -0.2) is 17.7 Å². The average Bonchev–Trinajstić information content (AvgIpc) is 2.28. The summed E-state index contributed by atoms with van der Waals surface area (Å²) in [5, 5.41) is 3.02. The van der Waals surface area contributed by atoms with Crippen molar-refractivity contribution < 1.29 is 4.79 Å². The molecular weight excluding hydrogens is 242 g/mol. The second kappa shape index (κ2) is 7.47. The summed E-state index contributed by atoms with van der Waals surface area (Å²) >= 11 is 1.66. The van der Waals surface area contributed by atoms with Crippen molar-refractivity contribution in [3.05, 3.63) is 35.4 Å². The summed E-state index contributed by atoms with van der Waals surface area (Å²) in [7, 11) is 0. The molecule has 1 aromatic carbocycles. The molecule has 0 heterocycles. The summed E-state index contributed by atoms with van der Waals surface area (Å²) in [5.41, 5.74) is 2.55. The minimum Gasteiger partial charge on any atom is -0.353 e. The van der Waals surface area contributed by atoms with E-state index in [2.05, 4.69) is 50.4 Å². The van der Waals surface area contributed by atoms with Crippen LogP contribution in [0.25, 0.3) is 0 Å². The van der Waals surface area contributed by atoms with Crippen molar-refractivity contribution >= 4 is 17.7 Å². The second-order valence-corrected chi connectivity index (χ2v) is 6.07. The molecule has 0 aliphatic carbocycles. The maximum Gasteiger partial charge on any atom is 0.230 e. The molecule has 1 N–H and O–H groups in total. The Kier molecular flexibility index (Phi) is 6.27. The van der Waals surface area contributed by atoms with Crippen LogP contribution < -0.4 is 5.32 Å². The SMILES string of the molecule is Cc1cccc(CSCC(=O)N[C@@H](C)C(C)C)c1. The van der Waals surface area contributed by atoms with Crippen molar-refractivity contribution in [2.45, 2.75) is 39.5 Å². The Balaban J connectivity index is 2.27. The van der Waals surface area contributed by atoms with Crippen LogP contribution in [0.1, 0.15) is 31.9 Å². The number of nitrogens with one attached hydrogen (secondary N) is 1. The molecule has 0 unspecified atom stereocenters. The molecule has 18 heavy (non-hydrogen) atoms. The van der Waals surface area contributed by atoms with Crippen molar-refractivity contribution in [1.82, 2.24) is 5.32 Å². The summed E-state index contributed by atoms with van der Waals surface area (Å²) in [6.45, 7) is 8.37. The van der Waals surface area contributed by atoms with E-state index in [1.165, 1.54) is 11.1 Å². The average molecular weight is 265 g/mol. The van der Waals surface area contributed by atoms with E-state index in [4.69, 9.17) is 0 Å². The highest BCUT2D eigenvalue weighted by molar-refractivity contribution is 7.99. The fourth-order valence-corrected chi connectivity index (χ4v) is 2.31. The highest BCUT2D eigenvalue weighted by Gasteiger charge is 2.10. The molecule has 1 amide bonds. The van der Waals surface area contributed by atoms with E-state index in [-0.39, 0.29) is 11.9 Å². The van der Waals surface area contributed by atoms with Gasteiger partial charge >= 0.3 is 0 Å². The topological polar surface area (TPSA) is 29.1 Å². The van der Waals surface area contributed by atoms with E-state index in [1.54, 1.807) is 11.8 Å². The van der Waals surface area contributed by atoms with Crippen molar-refractivity contribution in [3.8, 4) is 0 Å². The number of aryl methyl sites for hydroxylation is 1. The van der Waals surface area contributed by atoms with Gasteiger partial charge < -0.3 is 5.32 Å². The number of hydrogen-bond acceptors (Lipinski definition) is 2. The summed E-state index contributed by atoms with van der Waals surface area (Å²) in [4.78, 5) is 11.7. The van der Waals surface area contributed by atoms with Crippen LogP contribution in [0.3, 0.4) is 0 Å². The van der Waals surface area contributed by atoms with Gasteiger partial charge in [0, 0.05) is 11.8 Å². The zero-order valence-electron chi connectivity index (χ0n) is 11.7. The van der Waals surface area contributed by atoms with Gasteiger partial charge in [-0.2, -0.15) is 0 Å². The molecule has 3 heteroatoms. The normalized spacial score (nSPS) is 12.5. The summed E-state index contributed by atoms with van der Waals surface area (Å²) in [6, 6.07) is 8.67. The van der Waals surface area contributed by atoms with Crippen LogP contribution >= 0.6 is 11.8 Å². The number of rotatable bonds is 6. The second-order valence-electron chi connectivity index (χ2n) is 5.08. The van der Waals surface area contributed by atoms with Crippen LogP contribution in [0.5, 0.6) is 0 Å². The molecule has 0 spiro atoms. The molecule has 1 aromatic rings. The van der Waals surface area contributed by atoms with Gasteiger partial charge in [-0.25, -0.2) is 0 Å². The van der Waals surface area contributed by atoms with E-state index >= 15 is 0 Å². The largest absolute Gasteiger partial charge is 0.353 e. The minimum atomic E-state index is 0.133. The van der Waals surface area contributed by atoms with Gasteiger partial charge in [-0.05, 0) is 25.3 Å². The van der Waals surface area contributed by atoms with Gasteiger partial charge in [0.2, 0.25) is 5.91 Å². The molecule has 0 radical (unpaired) electrons. The van der Waals surface area contributed by atoms with E-state index < -0.39 is 0 Å². The first kappa shape index (κ1) is 15.1. The Bertz CT molecular complexity index is 390. The van der Waals surface area contributed by atoms with Crippen LogP contribution in [0, 0.1) is 12.8 Å². The summed E-state index contributed by atoms with van der Waals surface area (Å²) in [5.74, 6) is 2.04. The molecule has 1 atom stereocenters. The number of thioether (sulfide) groups is 1. The van der Waals surface area contributed by atoms with E-state index in [9.17, 15) is 4.79 Å². The minimum absolute atomic E-state index is 0.133. The van der Waals surface area contributed by atoms with Gasteiger partial charge in [0.15, 0.2) is 0 Å². The Morgan fingerprint density at radius 2 is 2.06 bits per heavy atom. The van der Waals surface area contributed by atoms with E-state index in [1.807, 2.05) is 6.92 Å². The Morgan fingerprint density at radius 3 is 2.67 bits per heavy atom. The van der Waals surface area contributed by atoms with Crippen LogP contribution in [0.2, 0.25) is 0 Å². The monoisotopic (exact) mass is 265 g/mol. The van der Waals surface area contributed by atoms with Gasteiger partial charge in [-0.3, -0.25) is 4.79 Å². The predicted octanol–water partition coefficient (Wildman–Crippen LogP) is 3.39. The van der Waals surface area contributed by atoms with Gasteiger partial charge in [-0.1, -0.05) is 43.7 Å². The highest BCUT2D eigenvalue weighted by Crippen LogP contribution is 2.13. The lowest BCUT2D eigenvalue weighted by molar-refractivity contribution is -0.119. The molecule has 2 nitrogen and oxygen atoms in total. The lowest BCUT2D eigenvalue weighted by Crippen LogP contribution is -2.37. The third-order valence-electron chi connectivity index (χ3n) is 2.97. The van der Waals surface area contributed by atoms with Crippen LogP contribution in [0.15, 0.2) is 24.3 Å². The fourth-order valence-electron chi connectivity index (χ4n) is 1.53. The maximum atomic E-state index is 11.7. The Morgan fingerprint density at radius 1 is 1.33 bits per heavy atom. The van der Waals surface area contributed by atoms with Gasteiger partial charge in [0.1, 0.15) is 0 Å².